The molecule has 0 amide bonds. The normalized spacial score (nSPS) is 11.3. The van der Waals surface area contributed by atoms with Gasteiger partial charge in [-0.2, -0.15) is 8.42 Å². The van der Waals surface area contributed by atoms with Gasteiger partial charge >= 0.3 is 0 Å². The molecule has 1 aromatic rings. The molecule has 0 radical (unpaired) electrons. The number of nitrogens with one attached hydrogen (secondary N) is 1. The van der Waals surface area contributed by atoms with Crippen LogP contribution in [0.2, 0.25) is 0 Å². The average Bonchev–Trinajstić information content (AvgIpc) is 2.13. The fraction of sp³-hybridized carbons (Fsp3) is 0.333. The highest BCUT2D eigenvalue weighted by molar-refractivity contribution is 7.85. The first-order chi connectivity index (χ1) is 6.99. The Kier molecular flexibility index (Phi) is 4.44. The molecule has 0 aromatic heterocycles. The molecule has 15 heavy (non-hydrogen) atoms. The van der Waals surface area contributed by atoms with Gasteiger partial charge in [0.05, 0.1) is 5.75 Å². The molecule has 84 valence electrons. The third kappa shape index (κ3) is 5.06. The molecule has 2 N–H and O–H groups in total. The lowest BCUT2D eigenvalue weighted by Gasteiger charge is -2.07. The third-order valence-corrected chi connectivity index (χ3v) is 2.99. The monoisotopic (exact) mass is 247 g/mol. The Labute approximate surface area is 94.9 Å². The summed E-state index contributed by atoms with van der Waals surface area (Å²) in [5.74, 6) is -0.227. The maximum Gasteiger partial charge on any atom is 0.264 e. The summed E-state index contributed by atoms with van der Waals surface area (Å²) in [4.78, 5) is 0.810. The summed E-state index contributed by atoms with van der Waals surface area (Å²) in [6.45, 7) is 0.483. The van der Waals surface area contributed by atoms with Gasteiger partial charge in [0.1, 0.15) is 0 Å². The van der Waals surface area contributed by atoms with Crippen LogP contribution in [0.1, 0.15) is 6.42 Å². The van der Waals surface area contributed by atoms with Crippen molar-refractivity contribution in [1.29, 1.82) is 0 Å². The number of anilines is 1. The second-order valence-electron chi connectivity index (χ2n) is 3.08. The Hall–Kier alpha value is -0.720. The largest absolute Gasteiger partial charge is 0.384 e. The molecule has 0 aliphatic heterocycles. The second-order valence-corrected chi connectivity index (χ2v) is 5.14. The van der Waals surface area contributed by atoms with Crippen LogP contribution in [-0.4, -0.2) is 25.3 Å². The Balaban J connectivity index is 2.36. The molecule has 0 heterocycles. The number of benzene rings is 1. The van der Waals surface area contributed by atoms with E-state index in [9.17, 15) is 8.42 Å². The number of para-hydroxylation sites is 1. The molecule has 0 spiro atoms. The van der Waals surface area contributed by atoms with Gasteiger partial charge in [-0.05, 0) is 18.6 Å². The van der Waals surface area contributed by atoms with Crippen LogP contribution < -0.4 is 5.32 Å². The highest BCUT2D eigenvalue weighted by atomic mass is 32.2. The summed E-state index contributed by atoms with van der Waals surface area (Å²) >= 11 is 4.23. The van der Waals surface area contributed by atoms with E-state index in [-0.39, 0.29) is 5.75 Å². The molecule has 0 saturated carbocycles. The molecule has 6 heteroatoms. The molecule has 0 atom stereocenters. The maximum absolute atomic E-state index is 10.4. The van der Waals surface area contributed by atoms with Crippen molar-refractivity contribution < 1.29 is 13.0 Å². The smallest absolute Gasteiger partial charge is 0.264 e. The van der Waals surface area contributed by atoms with Gasteiger partial charge in [0.2, 0.25) is 0 Å². The van der Waals surface area contributed by atoms with Crippen molar-refractivity contribution >= 4 is 28.4 Å². The molecule has 1 rings (SSSR count). The number of thiol groups is 1. The van der Waals surface area contributed by atoms with Crippen molar-refractivity contribution in [2.75, 3.05) is 17.6 Å². The van der Waals surface area contributed by atoms with Crippen molar-refractivity contribution in [3.05, 3.63) is 24.3 Å². The van der Waals surface area contributed by atoms with Crippen LogP contribution in [0.25, 0.3) is 0 Å². The molecule has 0 aliphatic carbocycles. The van der Waals surface area contributed by atoms with Crippen molar-refractivity contribution in [2.45, 2.75) is 11.3 Å². The predicted octanol–water partition coefficient (Wildman–Crippen LogP) is 1.67. The number of rotatable bonds is 5. The first-order valence-electron chi connectivity index (χ1n) is 4.46. The van der Waals surface area contributed by atoms with Gasteiger partial charge in [0.25, 0.3) is 10.1 Å². The van der Waals surface area contributed by atoms with Crippen LogP contribution in [0, 0.1) is 0 Å². The summed E-state index contributed by atoms with van der Waals surface area (Å²) in [5.41, 5.74) is 0.858. The maximum atomic E-state index is 10.4. The Bertz CT molecular complexity index is 417. The fourth-order valence-electron chi connectivity index (χ4n) is 1.10. The standard InChI is InChI=1S/C9H13NO3S2/c11-15(12,13)7-3-6-10-8-4-1-2-5-9(8)14/h1-2,4-5,10,14H,3,6-7H2,(H,11,12,13). The number of hydrogen-bond acceptors (Lipinski definition) is 4. The van der Waals surface area contributed by atoms with Crippen molar-refractivity contribution in [3.63, 3.8) is 0 Å². The molecular formula is C9H13NO3S2. The average molecular weight is 247 g/mol. The molecule has 0 saturated heterocycles. The Morgan fingerprint density at radius 2 is 2.00 bits per heavy atom. The van der Waals surface area contributed by atoms with Crippen molar-refractivity contribution in [1.82, 2.24) is 0 Å². The SMILES string of the molecule is O=S(=O)(O)CCCNc1ccccc1S. The van der Waals surface area contributed by atoms with Crippen LogP contribution in [0.4, 0.5) is 5.69 Å². The summed E-state index contributed by atoms with van der Waals surface area (Å²) in [6, 6.07) is 7.43. The highest BCUT2D eigenvalue weighted by Gasteiger charge is 2.03. The summed E-state index contributed by atoms with van der Waals surface area (Å²) in [5, 5.41) is 3.03. The topological polar surface area (TPSA) is 66.4 Å². The molecular weight excluding hydrogens is 234 g/mol. The lowest BCUT2D eigenvalue weighted by Crippen LogP contribution is -2.10. The minimum atomic E-state index is -3.85. The van der Waals surface area contributed by atoms with E-state index in [0.29, 0.717) is 13.0 Å². The van der Waals surface area contributed by atoms with Crippen molar-refractivity contribution in [2.24, 2.45) is 0 Å². The fourth-order valence-corrected chi connectivity index (χ4v) is 1.85. The predicted molar refractivity (Wildman–Crippen MR) is 63.2 cm³/mol. The van der Waals surface area contributed by atoms with Crippen LogP contribution in [0.15, 0.2) is 29.2 Å². The highest BCUT2D eigenvalue weighted by Crippen LogP contribution is 2.18. The van der Waals surface area contributed by atoms with E-state index in [1.165, 1.54) is 0 Å². The Morgan fingerprint density at radius 3 is 2.60 bits per heavy atom. The van der Waals surface area contributed by atoms with E-state index in [2.05, 4.69) is 17.9 Å². The van der Waals surface area contributed by atoms with E-state index in [1.54, 1.807) is 0 Å². The van der Waals surface area contributed by atoms with Crippen LogP contribution >= 0.6 is 12.6 Å². The van der Waals surface area contributed by atoms with E-state index < -0.39 is 10.1 Å². The Morgan fingerprint density at radius 1 is 1.33 bits per heavy atom. The zero-order valence-electron chi connectivity index (χ0n) is 8.05. The van der Waals surface area contributed by atoms with Gasteiger partial charge in [-0.1, -0.05) is 12.1 Å². The molecule has 0 unspecified atom stereocenters. The zero-order chi connectivity index (χ0) is 11.3. The molecule has 0 bridgehead atoms. The van der Waals surface area contributed by atoms with E-state index in [1.807, 2.05) is 24.3 Å². The summed E-state index contributed by atoms with van der Waals surface area (Å²) in [7, 11) is -3.85. The van der Waals surface area contributed by atoms with E-state index in [4.69, 9.17) is 4.55 Å². The number of hydrogen-bond donors (Lipinski definition) is 3. The molecule has 4 nitrogen and oxygen atoms in total. The van der Waals surface area contributed by atoms with Gasteiger partial charge < -0.3 is 5.32 Å². The zero-order valence-corrected chi connectivity index (χ0v) is 9.76. The van der Waals surface area contributed by atoms with Gasteiger partial charge in [-0.25, -0.2) is 0 Å². The third-order valence-electron chi connectivity index (χ3n) is 1.80. The first kappa shape index (κ1) is 12.4. The van der Waals surface area contributed by atoms with Crippen LogP contribution in [0.5, 0.6) is 0 Å². The van der Waals surface area contributed by atoms with Gasteiger partial charge in [0.15, 0.2) is 0 Å². The van der Waals surface area contributed by atoms with Crippen LogP contribution in [0.3, 0.4) is 0 Å². The quantitative estimate of drug-likeness (QED) is 0.420. The minimum absolute atomic E-state index is 0.227. The first-order valence-corrected chi connectivity index (χ1v) is 6.52. The van der Waals surface area contributed by atoms with Gasteiger partial charge in [0, 0.05) is 17.1 Å². The van der Waals surface area contributed by atoms with Gasteiger partial charge in [-0.15, -0.1) is 12.6 Å². The summed E-state index contributed by atoms with van der Waals surface area (Å²) < 4.78 is 29.3. The minimum Gasteiger partial charge on any atom is -0.384 e. The lowest BCUT2D eigenvalue weighted by atomic mass is 10.3. The molecule has 0 aliphatic rings. The lowest BCUT2D eigenvalue weighted by molar-refractivity contribution is 0.481. The van der Waals surface area contributed by atoms with Gasteiger partial charge in [-0.3, -0.25) is 4.55 Å². The molecule has 1 aromatic carbocycles. The summed E-state index contributed by atoms with van der Waals surface area (Å²) in [6.07, 6.45) is 0.362. The molecule has 0 fully saturated rings. The second kappa shape index (κ2) is 5.39. The van der Waals surface area contributed by atoms with Crippen LogP contribution in [-0.2, 0) is 10.1 Å². The van der Waals surface area contributed by atoms with E-state index in [0.717, 1.165) is 10.6 Å². The van der Waals surface area contributed by atoms with Crippen molar-refractivity contribution in [3.8, 4) is 0 Å². The van der Waals surface area contributed by atoms with E-state index >= 15 is 0 Å².